The summed E-state index contributed by atoms with van der Waals surface area (Å²) in [6.07, 6.45) is 0. The molecular formula is C15H20N4OS. The summed E-state index contributed by atoms with van der Waals surface area (Å²) in [6, 6.07) is 5.94. The first-order valence-electron chi connectivity index (χ1n) is 6.96. The number of rotatable bonds is 6. The van der Waals surface area contributed by atoms with Crippen molar-refractivity contribution in [3.8, 4) is 0 Å². The third-order valence-corrected chi connectivity index (χ3v) is 4.02. The van der Waals surface area contributed by atoms with Crippen LogP contribution in [-0.4, -0.2) is 31.7 Å². The van der Waals surface area contributed by atoms with Gasteiger partial charge in [0.05, 0.1) is 5.75 Å². The summed E-state index contributed by atoms with van der Waals surface area (Å²) in [5, 5.41) is 12.3. The van der Waals surface area contributed by atoms with E-state index in [0.717, 1.165) is 23.2 Å². The minimum Gasteiger partial charge on any atom is -0.293 e. The van der Waals surface area contributed by atoms with Crippen LogP contribution in [0.25, 0.3) is 0 Å². The highest BCUT2D eigenvalue weighted by molar-refractivity contribution is 7.99. The highest BCUT2D eigenvalue weighted by Gasteiger charge is 2.14. The maximum atomic E-state index is 12.3. The number of nitrogens with zero attached hydrogens (tertiary/aromatic N) is 4. The van der Waals surface area contributed by atoms with E-state index in [4.69, 9.17) is 0 Å². The fourth-order valence-corrected chi connectivity index (χ4v) is 2.77. The molecule has 2 rings (SSSR count). The third kappa shape index (κ3) is 4.14. The average Bonchev–Trinajstić information content (AvgIpc) is 2.85. The summed E-state index contributed by atoms with van der Waals surface area (Å²) in [5.74, 6) is 0.922. The zero-order valence-electron chi connectivity index (χ0n) is 12.8. The third-order valence-electron chi connectivity index (χ3n) is 3.06. The summed E-state index contributed by atoms with van der Waals surface area (Å²) in [5.41, 5.74) is 2.89. The minimum absolute atomic E-state index is 0.111. The van der Waals surface area contributed by atoms with E-state index < -0.39 is 0 Å². The van der Waals surface area contributed by atoms with Crippen LogP contribution in [0, 0.1) is 19.8 Å². The van der Waals surface area contributed by atoms with Crippen molar-refractivity contribution in [3.05, 3.63) is 34.9 Å². The zero-order chi connectivity index (χ0) is 15.4. The van der Waals surface area contributed by atoms with E-state index in [1.807, 2.05) is 32.0 Å². The van der Waals surface area contributed by atoms with Gasteiger partial charge < -0.3 is 0 Å². The Hall–Kier alpha value is -1.69. The van der Waals surface area contributed by atoms with Gasteiger partial charge in [0.1, 0.15) is 0 Å². The summed E-state index contributed by atoms with van der Waals surface area (Å²) in [4.78, 5) is 12.3. The molecule has 0 unspecified atom stereocenters. The molecule has 0 spiro atoms. The molecule has 112 valence electrons. The Bertz CT molecular complexity index is 636. The fraction of sp³-hybridized carbons (Fsp3) is 0.467. The maximum absolute atomic E-state index is 12.3. The molecule has 0 aliphatic heterocycles. The second kappa shape index (κ2) is 6.85. The number of carbonyl (C=O) groups is 1. The lowest BCUT2D eigenvalue weighted by molar-refractivity contribution is 0.102. The van der Waals surface area contributed by atoms with Gasteiger partial charge in [0.15, 0.2) is 5.78 Å². The van der Waals surface area contributed by atoms with E-state index in [0.29, 0.717) is 16.8 Å². The van der Waals surface area contributed by atoms with Crippen molar-refractivity contribution in [2.45, 2.75) is 39.4 Å². The molecular weight excluding hydrogens is 284 g/mol. The molecule has 5 nitrogen and oxygen atoms in total. The minimum atomic E-state index is 0.111. The molecule has 0 bridgehead atoms. The van der Waals surface area contributed by atoms with E-state index in [2.05, 4.69) is 29.4 Å². The lowest BCUT2D eigenvalue weighted by Gasteiger charge is -2.08. The summed E-state index contributed by atoms with van der Waals surface area (Å²) < 4.78 is 1.76. The van der Waals surface area contributed by atoms with Gasteiger partial charge in [0.2, 0.25) is 5.16 Å². The van der Waals surface area contributed by atoms with Gasteiger partial charge in [-0.05, 0) is 41.8 Å². The monoisotopic (exact) mass is 304 g/mol. The van der Waals surface area contributed by atoms with Crippen LogP contribution >= 0.6 is 11.8 Å². The standard InChI is InChI=1S/C15H20N4OS/c1-10(2)8-19-15(16-17-18-19)21-9-14(20)13-7-11(3)5-6-12(13)4/h5-7,10H,8-9H2,1-4H3. The van der Waals surface area contributed by atoms with Crippen molar-refractivity contribution < 1.29 is 4.79 Å². The molecule has 1 aromatic heterocycles. The second-order valence-electron chi connectivity index (χ2n) is 5.57. The number of tetrazole rings is 1. The van der Waals surface area contributed by atoms with E-state index in [-0.39, 0.29) is 5.78 Å². The lowest BCUT2D eigenvalue weighted by Crippen LogP contribution is -2.10. The lowest BCUT2D eigenvalue weighted by atomic mass is 10.0. The largest absolute Gasteiger partial charge is 0.293 e. The van der Waals surface area contributed by atoms with Crippen LogP contribution in [0.4, 0.5) is 0 Å². The predicted octanol–water partition coefficient (Wildman–Crippen LogP) is 2.92. The Labute approximate surface area is 129 Å². The Balaban J connectivity index is 2.04. The number of benzene rings is 1. The van der Waals surface area contributed by atoms with Crippen LogP contribution in [0.3, 0.4) is 0 Å². The number of carbonyl (C=O) groups excluding carboxylic acids is 1. The summed E-state index contributed by atoms with van der Waals surface area (Å²) in [7, 11) is 0. The van der Waals surface area contributed by atoms with Crippen LogP contribution < -0.4 is 0 Å². The van der Waals surface area contributed by atoms with Crippen molar-refractivity contribution >= 4 is 17.5 Å². The molecule has 2 aromatic rings. The molecule has 21 heavy (non-hydrogen) atoms. The molecule has 0 saturated heterocycles. The molecule has 0 aliphatic rings. The molecule has 0 saturated carbocycles. The van der Waals surface area contributed by atoms with Crippen molar-refractivity contribution in [2.24, 2.45) is 5.92 Å². The van der Waals surface area contributed by atoms with Gasteiger partial charge in [-0.15, -0.1) is 5.10 Å². The predicted molar refractivity (Wildman–Crippen MR) is 83.6 cm³/mol. The van der Waals surface area contributed by atoms with Crippen LogP contribution in [0.5, 0.6) is 0 Å². The summed E-state index contributed by atoms with van der Waals surface area (Å²) in [6.45, 7) is 8.93. The molecule has 0 radical (unpaired) electrons. The number of aryl methyl sites for hydroxylation is 2. The number of ketones is 1. The van der Waals surface area contributed by atoms with Crippen LogP contribution in [0.15, 0.2) is 23.4 Å². The topological polar surface area (TPSA) is 60.7 Å². The van der Waals surface area contributed by atoms with E-state index >= 15 is 0 Å². The molecule has 0 fully saturated rings. The molecule has 1 heterocycles. The smallest absolute Gasteiger partial charge is 0.209 e. The Kier molecular flexibility index (Phi) is 5.12. The van der Waals surface area contributed by atoms with Crippen molar-refractivity contribution in [1.29, 1.82) is 0 Å². The Morgan fingerprint density at radius 3 is 2.81 bits per heavy atom. The van der Waals surface area contributed by atoms with Gasteiger partial charge in [-0.1, -0.05) is 43.3 Å². The van der Waals surface area contributed by atoms with E-state index in [1.54, 1.807) is 4.68 Å². The molecule has 0 atom stereocenters. The first kappa shape index (κ1) is 15.7. The normalized spacial score (nSPS) is 11.1. The van der Waals surface area contributed by atoms with Crippen molar-refractivity contribution in [3.63, 3.8) is 0 Å². The highest BCUT2D eigenvalue weighted by atomic mass is 32.2. The first-order chi connectivity index (χ1) is 9.97. The fourth-order valence-electron chi connectivity index (χ4n) is 2.00. The van der Waals surface area contributed by atoms with Crippen molar-refractivity contribution in [2.75, 3.05) is 5.75 Å². The summed E-state index contributed by atoms with van der Waals surface area (Å²) >= 11 is 1.39. The molecule has 6 heteroatoms. The van der Waals surface area contributed by atoms with E-state index in [9.17, 15) is 4.79 Å². The average molecular weight is 304 g/mol. The first-order valence-corrected chi connectivity index (χ1v) is 7.95. The maximum Gasteiger partial charge on any atom is 0.209 e. The Morgan fingerprint density at radius 2 is 2.10 bits per heavy atom. The van der Waals surface area contributed by atoms with Gasteiger partial charge in [-0.2, -0.15) is 0 Å². The van der Waals surface area contributed by atoms with Gasteiger partial charge in [-0.25, -0.2) is 4.68 Å². The van der Waals surface area contributed by atoms with Gasteiger partial charge in [0.25, 0.3) is 0 Å². The molecule has 1 aromatic carbocycles. The SMILES string of the molecule is Cc1ccc(C)c(C(=O)CSc2nnnn2CC(C)C)c1. The number of hydrogen-bond acceptors (Lipinski definition) is 5. The van der Waals surface area contributed by atoms with Gasteiger partial charge >= 0.3 is 0 Å². The Morgan fingerprint density at radius 1 is 1.33 bits per heavy atom. The highest BCUT2D eigenvalue weighted by Crippen LogP contribution is 2.19. The van der Waals surface area contributed by atoms with Crippen LogP contribution in [0.1, 0.15) is 35.3 Å². The second-order valence-corrected chi connectivity index (χ2v) is 6.51. The zero-order valence-corrected chi connectivity index (χ0v) is 13.6. The number of hydrogen-bond donors (Lipinski definition) is 0. The van der Waals surface area contributed by atoms with Crippen molar-refractivity contribution in [1.82, 2.24) is 20.2 Å². The molecule has 0 N–H and O–H groups in total. The number of aromatic nitrogens is 4. The molecule has 0 amide bonds. The number of thioether (sulfide) groups is 1. The van der Waals surface area contributed by atoms with Gasteiger partial charge in [-0.3, -0.25) is 4.79 Å². The van der Waals surface area contributed by atoms with Crippen LogP contribution in [0.2, 0.25) is 0 Å². The molecule has 0 aliphatic carbocycles. The van der Waals surface area contributed by atoms with Crippen LogP contribution in [-0.2, 0) is 6.54 Å². The van der Waals surface area contributed by atoms with Gasteiger partial charge in [0, 0.05) is 12.1 Å². The number of Topliss-reactive ketones (excluding diaryl/α,β-unsaturated/α-hetero) is 1. The van der Waals surface area contributed by atoms with E-state index in [1.165, 1.54) is 11.8 Å². The quantitative estimate of drug-likeness (QED) is 0.606.